The number of hydrogen-bond acceptors (Lipinski definition) is 3. The summed E-state index contributed by atoms with van der Waals surface area (Å²) in [5.41, 5.74) is 4.09. The van der Waals surface area contributed by atoms with Crippen molar-refractivity contribution in [3.05, 3.63) is 63.8 Å². The first-order chi connectivity index (χ1) is 12.1. The molecule has 2 unspecified atom stereocenters. The molecule has 1 aliphatic heterocycles. The van der Waals surface area contributed by atoms with Gasteiger partial charge < -0.3 is 14.8 Å². The molecular formula is C19H17BrN2O3. The second-order valence-corrected chi connectivity index (χ2v) is 7.09. The Balaban J connectivity index is 1.87. The van der Waals surface area contributed by atoms with Gasteiger partial charge in [-0.15, -0.1) is 0 Å². The monoisotopic (exact) mass is 400 g/mol. The van der Waals surface area contributed by atoms with Gasteiger partial charge in [0.15, 0.2) is 0 Å². The van der Waals surface area contributed by atoms with E-state index in [0.717, 1.165) is 37.9 Å². The lowest BCUT2D eigenvalue weighted by Crippen LogP contribution is -2.44. The Kier molecular flexibility index (Phi) is 4.01. The van der Waals surface area contributed by atoms with Crippen molar-refractivity contribution in [2.75, 3.05) is 7.11 Å². The second kappa shape index (κ2) is 6.20. The van der Waals surface area contributed by atoms with Gasteiger partial charge in [-0.1, -0.05) is 28.1 Å². The summed E-state index contributed by atoms with van der Waals surface area (Å²) >= 11 is 3.51. The molecule has 0 saturated carbocycles. The van der Waals surface area contributed by atoms with Crippen molar-refractivity contribution in [1.29, 1.82) is 0 Å². The van der Waals surface area contributed by atoms with Crippen LogP contribution in [0, 0.1) is 0 Å². The molecule has 0 amide bonds. The minimum atomic E-state index is -0.839. The van der Waals surface area contributed by atoms with Crippen LogP contribution in [-0.2, 0) is 11.2 Å². The topological polar surface area (TPSA) is 74.3 Å². The number of benzene rings is 2. The lowest BCUT2D eigenvalue weighted by atomic mass is 9.90. The van der Waals surface area contributed by atoms with Gasteiger partial charge in [-0.05, 0) is 41.5 Å². The van der Waals surface area contributed by atoms with Crippen LogP contribution in [0.3, 0.4) is 0 Å². The predicted molar refractivity (Wildman–Crippen MR) is 99.1 cm³/mol. The first kappa shape index (κ1) is 16.2. The zero-order valence-electron chi connectivity index (χ0n) is 13.5. The first-order valence-corrected chi connectivity index (χ1v) is 8.79. The number of fused-ring (bicyclic) bond motifs is 3. The second-order valence-electron chi connectivity index (χ2n) is 6.17. The molecule has 0 fully saturated rings. The standard InChI is InChI=1S/C19H17BrN2O3/c1-25-12-5-2-10(3-6-12)17-18-14(9-16(22-17)19(23)24)13-8-11(20)4-7-15(13)21-18/h2-8,16-17,21-22H,9H2,1H3,(H,23,24). The van der Waals surface area contributed by atoms with Crippen LogP contribution in [0.2, 0.25) is 0 Å². The summed E-state index contributed by atoms with van der Waals surface area (Å²) in [5.74, 6) is -0.0661. The molecule has 0 bridgehead atoms. The number of H-pyrrole nitrogens is 1. The highest BCUT2D eigenvalue weighted by Crippen LogP contribution is 2.36. The molecule has 25 heavy (non-hydrogen) atoms. The van der Waals surface area contributed by atoms with E-state index in [2.05, 4.69) is 26.2 Å². The summed E-state index contributed by atoms with van der Waals surface area (Å²) in [6.07, 6.45) is 0.452. The zero-order chi connectivity index (χ0) is 17.6. The van der Waals surface area contributed by atoms with E-state index in [1.54, 1.807) is 7.11 Å². The number of hydrogen-bond donors (Lipinski definition) is 3. The molecule has 3 aromatic rings. The van der Waals surface area contributed by atoms with Crippen LogP contribution in [0.15, 0.2) is 46.9 Å². The highest BCUT2D eigenvalue weighted by molar-refractivity contribution is 9.10. The van der Waals surface area contributed by atoms with Gasteiger partial charge in [-0.25, -0.2) is 0 Å². The summed E-state index contributed by atoms with van der Waals surface area (Å²) in [7, 11) is 1.63. The van der Waals surface area contributed by atoms with Gasteiger partial charge >= 0.3 is 5.97 Å². The number of nitrogens with one attached hydrogen (secondary N) is 2. The molecule has 6 heteroatoms. The van der Waals surface area contributed by atoms with Crippen molar-refractivity contribution in [2.24, 2.45) is 0 Å². The molecule has 3 N–H and O–H groups in total. The lowest BCUT2D eigenvalue weighted by Gasteiger charge is -2.29. The molecule has 128 valence electrons. The van der Waals surface area contributed by atoms with Crippen LogP contribution >= 0.6 is 15.9 Å². The number of ether oxygens (including phenoxy) is 1. The van der Waals surface area contributed by atoms with Gasteiger partial charge in [0.05, 0.1) is 13.2 Å². The maximum atomic E-state index is 11.7. The summed E-state index contributed by atoms with van der Waals surface area (Å²) in [5, 5.41) is 13.9. The minimum absolute atomic E-state index is 0.207. The van der Waals surface area contributed by atoms with Gasteiger partial charge in [-0.3, -0.25) is 10.1 Å². The largest absolute Gasteiger partial charge is 0.497 e. The number of carboxylic acids is 1. The molecule has 0 radical (unpaired) electrons. The fraction of sp³-hybridized carbons (Fsp3) is 0.211. The zero-order valence-corrected chi connectivity index (χ0v) is 15.1. The fourth-order valence-corrected chi connectivity index (χ4v) is 3.83. The number of aromatic amines is 1. The number of aliphatic carboxylic acids is 1. The third-order valence-electron chi connectivity index (χ3n) is 4.71. The van der Waals surface area contributed by atoms with Gasteiger partial charge in [0.1, 0.15) is 11.8 Å². The summed E-state index contributed by atoms with van der Waals surface area (Å²) in [6.45, 7) is 0. The van der Waals surface area contributed by atoms with E-state index < -0.39 is 12.0 Å². The third kappa shape index (κ3) is 2.81. The van der Waals surface area contributed by atoms with Gasteiger partial charge in [0.25, 0.3) is 0 Å². The highest BCUT2D eigenvalue weighted by Gasteiger charge is 2.33. The highest BCUT2D eigenvalue weighted by atomic mass is 79.9. The van der Waals surface area contributed by atoms with Crippen molar-refractivity contribution in [3.8, 4) is 5.75 Å². The van der Waals surface area contributed by atoms with Crippen LogP contribution in [0.1, 0.15) is 22.9 Å². The van der Waals surface area contributed by atoms with Gasteiger partial charge in [-0.2, -0.15) is 0 Å². The number of carbonyl (C=O) groups is 1. The molecule has 0 spiro atoms. The van der Waals surface area contributed by atoms with Crippen molar-refractivity contribution in [3.63, 3.8) is 0 Å². The Morgan fingerprint density at radius 3 is 2.68 bits per heavy atom. The Labute approximate surface area is 153 Å². The molecule has 2 heterocycles. The van der Waals surface area contributed by atoms with E-state index >= 15 is 0 Å². The van der Waals surface area contributed by atoms with Crippen LogP contribution in [-0.4, -0.2) is 29.2 Å². The number of aromatic nitrogens is 1. The maximum Gasteiger partial charge on any atom is 0.321 e. The van der Waals surface area contributed by atoms with Crippen LogP contribution in [0.4, 0.5) is 0 Å². The molecule has 4 rings (SSSR count). The molecule has 5 nitrogen and oxygen atoms in total. The van der Waals surface area contributed by atoms with Crippen LogP contribution < -0.4 is 10.1 Å². The van der Waals surface area contributed by atoms with Crippen molar-refractivity contribution in [1.82, 2.24) is 10.3 Å². The Bertz CT molecular complexity index is 949. The van der Waals surface area contributed by atoms with Crippen molar-refractivity contribution < 1.29 is 14.6 Å². The van der Waals surface area contributed by atoms with E-state index in [-0.39, 0.29) is 6.04 Å². The quantitative estimate of drug-likeness (QED) is 0.627. The maximum absolute atomic E-state index is 11.7. The molecule has 2 atom stereocenters. The minimum Gasteiger partial charge on any atom is -0.497 e. The number of methoxy groups -OCH3 is 1. The SMILES string of the molecule is COc1ccc(C2NC(C(=O)O)Cc3c2[nH]c2ccc(Br)cc32)cc1. The number of halogens is 1. The van der Waals surface area contributed by atoms with Gasteiger partial charge in [0, 0.05) is 27.5 Å². The summed E-state index contributed by atoms with van der Waals surface area (Å²) < 4.78 is 6.20. The molecule has 1 aromatic heterocycles. The van der Waals surface area contributed by atoms with Crippen LogP contribution in [0.5, 0.6) is 5.75 Å². The smallest absolute Gasteiger partial charge is 0.321 e. The van der Waals surface area contributed by atoms with Gasteiger partial charge in [0.2, 0.25) is 0 Å². The molecule has 0 aliphatic carbocycles. The van der Waals surface area contributed by atoms with E-state index in [1.165, 1.54) is 0 Å². The normalized spacial score (nSPS) is 19.6. The van der Waals surface area contributed by atoms with E-state index in [0.29, 0.717) is 6.42 Å². The summed E-state index contributed by atoms with van der Waals surface area (Å²) in [6, 6.07) is 12.9. The Hall–Kier alpha value is -2.31. The lowest BCUT2D eigenvalue weighted by molar-refractivity contribution is -0.139. The third-order valence-corrected chi connectivity index (χ3v) is 5.21. The van der Waals surface area contributed by atoms with E-state index in [9.17, 15) is 9.90 Å². The number of carboxylic acid groups (broad SMARTS) is 1. The average Bonchev–Trinajstić information content (AvgIpc) is 2.99. The van der Waals surface area contributed by atoms with E-state index in [4.69, 9.17) is 4.74 Å². The molecule has 0 saturated heterocycles. The Morgan fingerprint density at radius 1 is 1.24 bits per heavy atom. The van der Waals surface area contributed by atoms with Crippen LogP contribution in [0.25, 0.3) is 10.9 Å². The van der Waals surface area contributed by atoms with E-state index in [1.807, 2.05) is 42.5 Å². The average molecular weight is 401 g/mol. The van der Waals surface area contributed by atoms with Crippen molar-refractivity contribution >= 4 is 32.8 Å². The predicted octanol–water partition coefficient (Wildman–Crippen LogP) is 3.63. The first-order valence-electron chi connectivity index (χ1n) is 7.99. The summed E-state index contributed by atoms with van der Waals surface area (Å²) in [4.78, 5) is 15.1. The van der Waals surface area contributed by atoms with Crippen molar-refractivity contribution in [2.45, 2.75) is 18.5 Å². The molecular weight excluding hydrogens is 384 g/mol. The fourth-order valence-electron chi connectivity index (χ4n) is 3.47. The molecule has 1 aliphatic rings. The Morgan fingerprint density at radius 2 is 2.00 bits per heavy atom. The molecule has 2 aromatic carbocycles. The number of rotatable bonds is 3.